The molecular formula is C38H46O7. The van der Waals surface area contributed by atoms with E-state index in [9.17, 15) is 14.7 Å². The Hall–Kier alpha value is -3.84. The zero-order chi connectivity index (χ0) is 31.4. The summed E-state index contributed by atoms with van der Waals surface area (Å²) >= 11 is 0. The maximum Gasteiger partial charge on any atom is 0.508 e. The highest BCUT2D eigenvalue weighted by molar-refractivity contribution is 5.71. The van der Waals surface area contributed by atoms with Gasteiger partial charge in [-0.05, 0) is 84.6 Å². The van der Waals surface area contributed by atoms with E-state index in [0.717, 1.165) is 68.1 Å². The summed E-state index contributed by atoms with van der Waals surface area (Å²) in [7, 11) is 0. The summed E-state index contributed by atoms with van der Waals surface area (Å²) in [5.41, 5.74) is 4.15. The van der Waals surface area contributed by atoms with Crippen molar-refractivity contribution in [2.45, 2.75) is 90.1 Å². The van der Waals surface area contributed by atoms with Gasteiger partial charge in [-0.15, -0.1) is 0 Å². The lowest BCUT2D eigenvalue weighted by molar-refractivity contribution is -0.147. The molecule has 1 N–H and O–H groups in total. The van der Waals surface area contributed by atoms with Crippen molar-refractivity contribution in [2.24, 2.45) is 17.8 Å². The Kier molecular flexibility index (Phi) is 11.9. The second-order valence-corrected chi connectivity index (χ2v) is 12.5. The highest BCUT2D eigenvalue weighted by atomic mass is 16.7. The fourth-order valence-corrected chi connectivity index (χ4v) is 7.00. The summed E-state index contributed by atoms with van der Waals surface area (Å²) in [4.78, 5) is 25.3. The molecular weight excluding hydrogens is 568 g/mol. The summed E-state index contributed by atoms with van der Waals surface area (Å²) in [5.74, 6) is 1.04. The molecule has 0 radical (unpaired) electrons. The van der Waals surface area contributed by atoms with Crippen LogP contribution >= 0.6 is 0 Å². The van der Waals surface area contributed by atoms with Gasteiger partial charge in [0.2, 0.25) is 0 Å². The van der Waals surface area contributed by atoms with Crippen LogP contribution in [0, 0.1) is 17.8 Å². The zero-order valence-electron chi connectivity index (χ0n) is 26.3. The third kappa shape index (κ3) is 9.33. The first-order valence-corrected chi connectivity index (χ1v) is 16.5. The highest BCUT2D eigenvalue weighted by Crippen LogP contribution is 2.49. The molecule has 0 aromatic heterocycles. The molecule has 5 unspecified atom stereocenters. The van der Waals surface area contributed by atoms with Crippen LogP contribution < -0.4 is 4.74 Å². The van der Waals surface area contributed by atoms with Crippen molar-refractivity contribution in [1.29, 1.82) is 0 Å². The Bertz CT molecular complexity index is 1360. The van der Waals surface area contributed by atoms with Crippen LogP contribution in [0.25, 0.3) is 0 Å². The van der Waals surface area contributed by atoms with Gasteiger partial charge in [-0.1, -0.05) is 99.0 Å². The molecule has 240 valence electrons. The molecule has 5 rings (SSSR count). The van der Waals surface area contributed by atoms with E-state index in [1.807, 2.05) is 72.8 Å². The average Bonchev–Trinajstić information content (AvgIpc) is 3.39. The molecule has 0 bridgehead atoms. The van der Waals surface area contributed by atoms with E-state index in [1.54, 1.807) is 0 Å². The molecule has 3 aromatic rings. The van der Waals surface area contributed by atoms with Crippen molar-refractivity contribution >= 4 is 12.1 Å². The van der Waals surface area contributed by atoms with Crippen LogP contribution in [0.2, 0.25) is 0 Å². The van der Waals surface area contributed by atoms with Gasteiger partial charge in [0, 0.05) is 0 Å². The summed E-state index contributed by atoms with van der Waals surface area (Å²) in [6, 6.07) is 25.2. The first kappa shape index (κ1) is 32.6. The second-order valence-electron chi connectivity index (χ2n) is 12.5. The second kappa shape index (κ2) is 16.5. The highest BCUT2D eigenvalue weighted by Gasteiger charge is 2.47. The van der Waals surface area contributed by atoms with Gasteiger partial charge < -0.3 is 24.1 Å². The monoisotopic (exact) mass is 614 g/mol. The predicted molar refractivity (Wildman–Crippen MR) is 172 cm³/mol. The van der Waals surface area contributed by atoms with E-state index in [4.69, 9.17) is 18.9 Å². The number of aliphatic hydroxyl groups is 1. The fourth-order valence-electron chi connectivity index (χ4n) is 7.00. The number of aliphatic hydroxyl groups excluding tert-OH is 1. The van der Waals surface area contributed by atoms with Gasteiger partial charge in [-0.2, -0.15) is 0 Å². The molecule has 0 spiro atoms. The van der Waals surface area contributed by atoms with Crippen LogP contribution in [-0.4, -0.2) is 36.0 Å². The van der Waals surface area contributed by atoms with Gasteiger partial charge in [-0.3, -0.25) is 0 Å². The number of fused-ring (bicyclic) bond motifs is 2. The van der Waals surface area contributed by atoms with E-state index < -0.39 is 12.1 Å². The van der Waals surface area contributed by atoms with Gasteiger partial charge in [0.25, 0.3) is 0 Å². The van der Waals surface area contributed by atoms with Crippen LogP contribution in [0.1, 0.15) is 74.1 Å². The average molecular weight is 615 g/mol. The lowest BCUT2D eigenvalue weighted by Crippen LogP contribution is -2.30. The van der Waals surface area contributed by atoms with Gasteiger partial charge in [0.05, 0.1) is 6.10 Å². The van der Waals surface area contributed by atoms with E-state index >= 15 is 0 Å². The first-order chi connectivity index (χ1) is 22.0. The number of carbonyl (C=O) groups is 2. The topological polar surface area (TPSA) is 91.3 Å². The standard InChI is InChI=1S/C38H46O7/c1-2-3-6-17-31(39)19-20-32-33-21-29-16-11-18-35(42-26-37(40)43-24-27-12-7-4-8-13-27)34(29)22-30(33)23-36(32)45-38(41)44-25-28-14-9-5-10-15-28/h4-5,7-16,18,30-33,36,39H,2-3,6,17,19-26H2,1H3. The number of carbonyl (C=O) groups excluding carboxylic acids is 2. The van der Waals surface area contributed by atoms with Crippen LogP contribution in [0.3, 0.4) is 0 Å². The number of esters is 1. The molecule has 1 fully saturated rings. The number of benzene rings is 3. The largest absolute Gasteiger partial charge is 0.508 e. The van der Waals surface area contributed by atoms with Crippen LogP contribution in [-0.2, 0) is 45.1 Å². The Labute approximate surface area is 266 Å². The molecule has 3 aromatic carbocycles. The van der Waals surface area contributed by atoms with Crippen LogP contribution in [0.4, 0.5) is 4.79 Å². The molecule has 0 amide bonds. The summed E-state index contributed by atoms with van der Waals surface area (Å²) < 4.78 is 22.9. The minimum absolute atomic E-state index is 0.130. The zero-order valence-corrected chi connectivity index (χ0v) is 26.3. The van der Waals surface area contributed by atoms with Crippen molar-refractivity contribution in [3.63, 3.8) is 0 Å². The molecule has 0 saturated heterocycles. The molecule has 0 aliphatic heterocycles. The fraction of sp³-hybridized carbons (Fsp3) is 0.474. The van der Waals surface area contributed by atoms with Crippen molar-refractivity contribution < 1.29 is 33.6 Å². The minimum atomic E-state index is -0.647. The molecule has 2 aliphatic rings. The molecule has 2 aliphatic carbocycles. The minimum Gasteiger partial charge on any atom is -0.482 e. The number of rotatable bonds is 15. The Morgan fingerprint density at radius 3 is 2.27 bits per heavy atom. The van der Waals surface area contributed by atoms with Crippen LogP contribution in [0.15, 0.2) is 78.9 Å². The third-order valence-electron chi connectivity index (χ3n) is 9.33. The lowest BCUT2D eigenvalue weighted by Gasteiger charge is -2.32. The predicted octanol–water partition coefficient (Wildman–Crippen LogP) is 7.60. The van der Waals surface area contributed by atoms with Crippen molar-refractivity contribution in [3.8, 4) is 5.75 Å². The maximum atomic E-state index is 12.8. The number of hydrogen-bond donors (Lipinski definition) is 1. The molecule has 1 saturated carbocycles. The quantitative estimate of drug-likeness (QED) is 0.139. The van der Waals surface area contributed by atoms with E-state index in [2.05, 4.69) is 13.0 Å². The van der Waals surface area contributed by atoms with Gasteiger partial charge >= 0.3 is 12.1 Å². The lowest BCUT2D eigenvalue weighted by atomic mass is 9.73. The third-order valence-corrected chi connectivity index (χ3v) is 9.33. The van der Waals surface area contributed by atoms with Crippen molar-refractivity contribution in [1.82, 2.24) is 0 Å². The molecule has 0 heterocycles. The molecule has 5 atom stereocenters. The number of unbranched alkanes of at least 4 members (excludes halogenated alkanes) is 2. The van der Waals surface area contributed by atoms with E-state index in [-0.39, 0.29) is 37.9 Å². The van der Waals surface area contributed by atoms with Gasteiger partial charge in [0.1, 0.15) is 25.1 Å². The SMILES string of the molecule is CCCCCC(O)CCC1C(OC(=O)OCc2ccccc2)CC2Cc3c(cccc3OCC(=O)OCc3ccccc3)CC21. The summed E-state index contributed by atoms with van der Waals surface area (Å²) in [6.45, 7) is 2.39. The van der Waals surface area contributed by atoms with Gasteiger partial charge in [0.15, 0.2) is 6.61 Å². The number of hydrogen-bond acceptors (Lipinski definition) is 7. The number of ether oxygens (including phenoxy) is 4. The molecule has 7 heteroatoms. The van der Waals surface area contributed by atoms with Crippen molar-refractivity contribution in [3.05, 3.63) is 101 Å². The Morgan fingerprint density at radius 2 is 1.56 bits per heavy atom. The Balaban J connectivity index is 1.22. The normalized spacial score (nSPS) is 20.8. The molecule has 45 heavy (non-hydrogen) atoms. The summed E-state index contributed by atoms with van der Waals surface area (Å²) in [6.07, 6.45) is 6.64. The van der Waals surface area contributed by atoms with E-state index in [1.165, 1.54) is 5.56 Å². The van der Waals surface area contributed by atoms with Gasteiger partial charge in [-0.25, -0.2) is 9.59 Å². The smallest absolute Gasteiger partial charge is 0.482 e. The van der Waals surface area contributed by atoms with E-state index in [0.29, 0.717) is 24.0 Å². The molecule has 7 nitrogen and oxygen atoms in total. The summed E-state index contributed by atoms with van der Waals surface area (Å²) in [5, 5.41) is 10.7. The maximum absolute atomic E-state index is 12.8. The van der Waals surface area contributed by atoms with Crippen molar-refractivity contribution in [2.75, 3.05) is 6.61 Å². The first-order valence-electron chi connectivity index (χ1n) is 16.5. The Morgan fingerprint density at radius 1 is 0.844 bits per heavy atom. The van der Waals surface area contributed by atoms with Crippen LogP contribution in [0.5, 0.6) is 5.75 Å².